The lowest BCUT2D eigenvalue weighted by Crippen LogP contribution is -2.25. The Morgan fingerprint density at radius 2 is 1.56 bits per heavy atom. The molecule has 0 unspecified atom stereocenters. The summed E-state index contributed by atoms with van der Waals surface area (Å²) in [4.78, 5) is 2.29. The summed E-state index contributed by atoms with van der Waals surface area (Å²) in [5.74, 6) is 0.398. The minimum atomic E-state index is 0.398. The Balaban J connectivity index is 2.70. The zero-order valence-electron chi connectivity index (χ0n) is 10.4. The van der Waals surface area contributed by atoms with E-state index in [0.717, 1.165) is 18.8 Å². The molecule has 0 fully saturated rings. The first-order valence-corrected chi connectivity index (χ1v) is 6.32. The van der Waals surface area contributed by atoms with Gasteiger partial charge in [0.25, 0.3) is 0 Å². The van der Waals surface area contributed by atoms with Gasteiger partial charge in [-0.2, -0.15) is 0 Å². The van der Waals surface area contributed by atoms with Crippen molar-refractivity contribution in [3.8, 4) is 5.75 Å². The Morgan fingerprint density at radius 3 is 2.06 bits per heavy atom. The molecule has 1 aromatic carbocycles. The van der Waals surface area contributed by atoms with Crippen LogP contribution in [0.5, 0.6) is 5.75 Å². The van der Waals surface area contributed by atoms with Crippen LogP contribution in [0.25, 0.3) is 0 Å². The summed E-state index contributed by atoms with van der Waals surface area (Å²) in [5.41, 5.74) is 0.976. The minimum Gasteiger partial charge on any atom is -0.506 e. The van der Waals surface area contributed by atoms with Crippen molar-refractivity contribution in [2.75, 3.05) is 18.0 Å². The first-order valence-electron chi connectivity index (χ1n) is 6.32. The lowest BCUT2D eigenvalue weighted by atomic mass is 10.2. The SMILES string of the molecule is CCCCN(CCCC)c1ccccc1O. The van der Waals surface area contributed by atoms with Gasteiger partial charge in [-0.15, -0.1) is 0 Å². The number of benzene rings is 1. The van der Waals surface area contributed by atoms with Crippen LogP contribution in [-0.4, -0.2) is 18.2 Å². The smallest absolute Gasteiger partial charge is 0.138 e. The molecule has 0 aliphatic rings. The lowest BCUT2D eigenvalue weighted by molar-refractivity contribution is 0.473. The molecule has 1 rings (SSSR count). The molecule has 0 bridgehead atoms. The van der Waals surface area contributed by atoms with E-state index in [2.05, 4.69) is 18.7 Å². The highest BCUT2D eigenvalue weighted by molar-refractivity contribution is 5.57. The molecule has 2 nitrogen and oxygen atoms in total. The second-order valence-electron chi connectivity index (χ2n) is 4.18. The lowest BCUT2D eigenvalue weighted by Gasteiger charge is -2.25. The number of para-hydroxylation sites is 2. The van der Waals surface area contributed by atoms with E-state index in [0.29, 0.717) is 5.75 Å². The van der Waals surface area contributed by atoms with Crippen molar-refractivity contribution < 1.29 is 5.11 Å². The molecular formula is C14H23NO. The molecule has 0 aliphatic heterocycles. The molecule has 0 aromatic heterocycles. The topological polar surface area (TPSA) is 23.5 Å². The average molecular weight is 221 g/mol. The maximum Gasteiger partial charge on any atom is 0.138 e. The maximum absolute atomic E-state index is 9.84. The van der Waals surface area contributed by atoms with Crippen LogP contribution in [0.1, 0.15) is 39.5 Å². The summed E-state index contributed by atoms with van der Waals surface area (Å²) in [6.07, 6.45) is 4.74. The Morgan fingerprint density at radius 1 is 1.00 bits per heavy atom. The second kappa shape index (κ2) is 7.15. The third kappa shape index (κ3) is 3.76. The number of phenolic OH excluding ortho intramolecular Hbond substituents is 1. The van der Waals surface area contributed by atoms with E-state index < -0.39 is 0 Å². The van der Waals surface area contributed by atoms with Crippen LogP contribution in [0.3, 0.4) is 0 Å². The fourth-order valence-corrected chi connectivity index (χ4v) is 1.78. The van der Waals surface area contributed by atoms with E-state index in [-0.39, 0.29) is 0 Å². The van der Waals surface area contributed by atoms with Gasteiger partial charge in [-0.25, -0.2) is 0 Å². The molecule has 90 valence electrons. The van der Waals surface area contributed by atoms with E-state index in [1.807, 2.05) is 18.2 Å². The van der Waals surface area contributed by atoms with Gasteiger partial charge < -0.3 is 10.0 Å². The molecule has 0 heterocycles. The van der Waals surface area contributed by atoms with Crippen molar-refractivity contribution in [2.24, 2.45) is 0 Å². The van der Waals surface area contributed by atoms with E-state index >= 15 is 0 Å². The summed E-state index contributed by atoms with van der Waals surface area (Å²) in [7, 11) is 0. The van der Waals surface area contributed by atoms with Crippen molar-refractivity contribution in [3.05, 3.63) is 24.3 Å². The number of anilines is 1. The van der Waals surface area contributed by atoms with E-state index in [4.69, 9.17) is 0 Å². The van der Waals surface area contributed by atoms with Crippen LogP contribution in [-0.2, 0) is 0 Å². The predicted octanol–water partition coefficient (Wildman–Crippen LogP) is 3.80. The van der Waals surface area contributed by atoms with Crippen molar-refractivity contribution >= 4 is 5.69 Å². The molecule has 0 amide bonds. The van der Waals surface area contributed by atoms with Gasteiger partial charge in [-0.1, -0.05) is 38.8 Å². The maximum atomic E-state index is 9.84. The molecule has 0 spiro atoms. The second-order valence-corrected chi connectivity index (χ2v) is 4.18. The quantitative estimate of drug-likeness (QED) is 0.757. The Kier molecular flexibility index (Phi) is 5.76. The molecule has 16 heavy (non-hydrogen) atoms. The third-order valence-electron chi connectivity index (χ3n) is 2.79. The summed E-state index contributed by atoms with van der Waals surface area (Å²) in [6.45, 7) is 6.47. The third-order valence-corrected chi connectivity index (χ3v) is 2.79. The number of hydrogen-bond donors (Lipinski definition) is 1. The summed E-state index contributed by atoms with van der Waals surface area (Å²) < 4.78 is 0. The highest BCUT2D eigenvalue weighted by atomic mass is 16.3. The highest BCUT2D eigenvalue weighted by Crippen LogP contribution is 2.26. The number of hydrogen-bond acceptors (Lipinski definition) is 2. The molecular weight excluding hydrogens is 198 g/mol. The van der Waals surface area contributed by atoms with Crippen molar-refractivity contribution in [1.82, 2.24) is 0 Å². The van der Waals surface area contributed by atoms with Gasteiger partial charge in [0.15, 0.2) is 0 Å². The van der Waals surface area contributed by atoms with Crippen molar-refractivity contribution in [1.29, 1.82) is 0 Å². The van der Waals surface area contributed by atoms with Crippen LogP contribution in [0.2, 0.25) is 0 Å². The Bertz CT molecular complexity index is 291. The van der Waals surface area contributed by atoms with Crippen LogP contribution >= 0.6 is 0 Å². The molecule has 0 saturated heterocycles. The molecule has 1 N–H and O–H groups in total. The van der Waals surface area contributed by atoms with Gasteiger partial charge in [0.2, 0.25) is 0 Å². The Labute approximate surface area is 98.9 Å². The zero-order valence-corrected chi connectivity index (χ0v) is 10.4. The highest BCUT2D eigenvalue weighted by Gasteiger charge is 2.08. The number of rotatable bonds is 7. The van der Waals surface area contributed by atoms with Crippen LogP contribution in [0, 0.1) is 0 Å². The standard InChI is InChI=1S/C14H23NO/c1-3-5-11-15(12-6-4-2)13-9-7-8-10-14(13)16/h7-10,16H,3-6,11-12H2,1-2H3. The molecule has 2 heteroatoms. The fourth-order valence-electron chi connectivity index (χ4n) is 1.78. The van der Waals surface area contributed by atoms with E-state index in [9.17, 15) is 5.11 Å². The zero-order chi connectivity index (χ0) is 11.8. The summed E-state index contributed by atoms with van der Waals surface area (Å²) in [5, 5.41) is 9.84. The van der Waals surface area contributed by atoms with Gasteiger partial charge >= 0.3 is 0 Å². The molecule has 0 radical (unpaired) electrons. The van der Waals surface area contributed by atoms with E-state index in [1.54, 1.807) is 6.07 Å². The van der Waals surface area contributed by atoms with Gasteiger partial charge in [0.1, 0.15) is 5.75 Å². The summed E-state index contributed by atoms with van der Waals surface area (Å²) in [6, 6.07) is 7.62. The normalized spacial score (nSPS) is 10.4. The molecule has 1 aromatic rings. The Hall–Kier alpha value is -1.18. The number of unbranched alkanes of at least 4 members (excludes halogenated alkanes) is 2. The van der Waals surface area contributed by atoms with Crippen LogP contribution in [0.15, 0.2) is 24.3 Å². The number of aromatic hydroxyl groups is 1. The van der Waals surface area contributed by atoms with Gasteiger partial charge in [-0.3, -0.25) is 0 Å². The van der Waals surface area contributed by atoms with Gasteiger partial charge in [0, 0.05) is 13.1 Å². The fraction of sp³-hybridized carbons (Fsp3) is 0.571. The van der Waals surface area contributed by atoms with Crippen LogP contribution in [0.4, 0.5) is 5.69 Å². The number of nitrogens with zero attached hydrogens (tertiary/aromatic N) is 1. The largest absolute Gasteiger partial charge is 0.506 e. The van der Waals surface area contributed by atoms with Crippen LogP contribution < -0.4 is 4.90 Å². The van der Waals surface area contributed by atoms with E-state index in [1.165, 1.54) is 25.7 Å². The molecule has 0 saturated carbocycles. The minimum absolute atomic E-state index is 0.398. The monoisotopic (exact) mass is 221 g/mol. The van der Waals surface area contributed by atoms with Crippen molar-refractivity contribution in [3.63, 3.8) is 0 Å². The first kappa shape index (κ1) is 12.9. The molecule has 0 atom stereocenters. The summed E-state index contributed by atoms with van der Waals surface area (Å²) >= 11 is 0. The van der Waals surface area contributed by atoms with Gasteiger partial charge in [-0.05, 0) is 25.0 Å². The predicted molar refractivity (Wildman–Crippen MR) is 70.1 cm³/mol. The first-order chi connectivity index (χ1) is 7.79. The van der Waals surface area contributed by atoms with Crippen molar-refractivity contribution in [2.45, 2.75) is 39.5 Å². The average Bonchev–Trinajstić information content (AvgIpc) is 2.31. The number of phenols is 1. The molecule has 0 aliphatic carbocycles. The van der Waals surface area contributed by atoms with Gasteiger partial charge in [0.05, 0.1) is 5.69 Å².